The van der Waals surface area contributed by atoms with Crippen molar-refractivity contribution in [1.29, 1.82) is 5.26 Å². The van der Waals surface area contributed by atoms with Crippen molar-refractivity contribution in [3.8, 4) is 17.3 Å². The van der Waals surface area contributed by atoms with Crippen molar-refractivity contribution in [1.82, 2.24) is 4.98 Å². The fourth-order valence-corrected chi connectivity index (χ4v) is 4.58. The Morgan fingerprint density at radius 1 is 1.16 bits per heavy atom. The lowest BCUT2D eigenvalue weighted by Crippen LogP contribution is -2.41. The largest absolute Gasteiger partial charge is 0.359 e. The number of hydrogen-bond acceptors (Lipinski definition) is 6. The Labute approximate surface area is 190 Å². The van der Waals surface area contributed by atoms with E-state index in [1.807, 2.05) is 6.07 Å². The number of amides is 1. The molecule has 1 saturated heterocycles. The van der Waals surface area contributed by atoms with E-state index in [-0.39, 0.29) is 25.0 Å². The standard InChI is InChI=1S/C22H17ClN4O4S/c23-20-7-4-17(11-19(20)21-8-1-15(12-24)13-25-21)26-22(28)16-2-5-18(6-3-16)27-14-31-9-10-32(27,29)30/h1-8,11,13H,9-10,14H2,(H,26,28). The number of pyridine rings is 1. The lowest BCUT2D eigenvalue weighted by atomic mass is 10.1. The maximum Gasteiger partial charge on any atom is 0.255 e. The molecule has 0 aliphatic carbocycles. The molecule has 1 fully saturated rings. The molecule has 32 heavy (non-hydrogen) atoms. The number of rotatable bonds is 4. The average molecular weight is 469 g/mol. The first-order valence-corrected chi connectivity index (χ1v) is 11.5. The smallest absolute Gasteiger partial charge is 0.255 e. The van der Waals surface area contributed by atoms with Gasteiger partial charge in [-0.3, -0.25) is 9.78 Å². The summed E-state index contributed by atoms with van der Waals surface area (Å²) in [7, 11) is -3.43. The van der Waals surface area contributed by atoms with Crippen LogP contribution in [0.15, 0.2) is 60.8 Å². The van der Waals surface area contributed by atoms with Crippen LogP contribution >= 0.6 is 11.6 Å². The molecule has 162 valence electrons. The summed E-state index contributed by atoms with van der Waals surface area (Å²) in [5.74, 6) is -0.447. The highest BCUT2D eigenvalue weighted by Crippen LogP contribution is 2.30. The molecule has 1 N–H and O–H groups in total. The summed E-state index contributed by atoms with van der Waals surface area (Å²) in [5, 5.41) is 12.2. The third kappa shape index (κ3) is 4.57. The van der Waals surface area contributed by atoms with Crippen LogP contribution in [-0.2, 0) is 14.8 Å². The molecule has 0 spiro atoms. The van der Waals surface area contributed by atoms with Gasteiger partial charge in [0.2, 0.25) is 10.0 Å². The Bertz CT molecular complexity index is 1300. The van der Waals surface area contributed by atoms with Gasteiger partial charge in [-0.1, -0.05) is 11.6 Å². The molecule has 0 radical (unpaired) electrons. The van der Waals surface area contributed by atoms with E-state index in [1.165, 1.54) is 10.5 Å². The molecule has 0 unspecified atom stereocenters. The molecule has 2 aromatic carbocycles. The number of carbonyl (C=O) groups is 1. The number of benzene rings is 2. The van der Waals surface area contributed by atoms with Crippen LogP contribution in [0.25, 0.3) is 11.3 Å². The highest BCUT2D eigenvalue weighted by molar-refractivity contribution is 7.92. The van der Waals surface area contributed by atoms with Crippen LogP contribution in [0.1, 0.15) is 15.9 Å². The Morgan fingerprint density at radius 2 is 1.94 bits per heavy atom. The molecule has 3 aromatic rings. The number of sulfonamides is 1. The van der Waals surface area contributed by atoms with Crippen LogP contribution in [0.4, 0.5) is 11.4 Å². The molecule has 10 heteroatoms. The van der Waals surface area contributed by atoms with Crippen molar-refractivity contribution in [3.63, 3.8) is 0 Å². The highest BCUT2D eigenvalue weighted by atomic mass is 35.5. The van der Waals surface area contributed by atoms with Crippen molar-refractivity contribution >= 4 is 38.9 Å². The monoisotopic (exact) mass is 468 g/mol. The van der Waals surface area contributed by atoms with Crippen LogP contribution < -0.4 is 9.62 Å². The molecule has 2 heterocycles. The molecule has 0 atom stereocenters. The van der Waals surface area contributed by atoms with Gasteiger partial charge in [0.05, 0.1) is 34.3 Å². The number of nitrogens with zero attached hydrogens (tertiary/aromatic N) is 3. The van der Waals surface area contributed by atoms with Gasteiger partial charge in [0.25, 0.3) is 5.91 Å². The first kappa shape index (κ1) is 21.8. The number of ether oxygens (including phenoxy) is 1. The van der Waals surface area contributed by atoms with Crippen LogP contribution in [-0.4, -0.2) is 38.4 Å². The number of halogens is 1. The quantitative estimate of drug-likeness (QED) is 0.625. The zero-order valence-electron chi connectivity index (χ0n) is 16.7. The minimum absolute atomic E-state index is 0.0508. The van der Waals surface area contributed by atoms with Gasteiger partial charge in [-0.15, -0.1) is 0 Å². The Morgan fingerprint density at radius 3 is 2.59 bits per heavy atom. The van der Waals surface area contributed by atoms with E-state index < -0.39 is 10.0 Å². The van der Waals surface area contributed by atoms with E-state index in [1.54, 1.807) is 54.6 Å². The topological polar surface area (TPSA) is 112 Å². The van der Waals surface area contributed by atoms with Gasteiger partial charge in [0.1, 0.15) is 12.8 Å². The Balaban J connectivity index is 1.52. The van der Waals surface area contributed by atoms with E-state index in [0.29, 0.717) is 38.8 Å². The highest BCUT2D eigenvalue weighted by Gasteiger charge is 2.26. The molecular formula is C22H17ClN4O4S. The van der Waals surface area contributed by atoms with Crippen LogP contribution in [0.2, 0.25) is 5.02 Å². The lowest BCUT2D eigenvalue weighted by molar-refractivity contribution is 0.102. The normalized spacial score (nSPS) is 15.1. The Hall–Kier alpha value is -3.45. The van der Waals surface area contributed by atoms with Gasteiger partial charge in [0, 0.05) is 23.0 Å². The van der Waals surface area contributed by atoms with Gasteiger partial charge in [-0.05, 0) is 54.6 Å². The molecule has 1 aliphatic rings. The van der Waals surface area contributed by atoms with Crippen molar-refractivity contribution in [3.05, 3.63) is 76.9 Å². The second-order valence-corrected chi connectivity index (χ2v) is 9.36. The molecule has 0 bridgehead atoms. The first-order chi connectivity index (χ1) is 15.4. The molecule has 1 aliphatic heterocycles. The van der Waals surface area contributed by atoms with E-state index in [0.717, 1.165) is 0 Å². The summed E-state index contributed by atoms with van der Waals surface area (Å²) in [6, 6.07) is 16.6. The molecule has 0 saturated carbocycles. The SMILES string of the molecule is N#Cc1ccc(-c2cc(NC(=O)c3ccc(N4COCCS4(=O)=O)cc3)ccc2Cl)nc1. The minimum atomic E-state index is -3.43. The third-order valence-electron chi connectivity index (χ3n) is 4.84. The summed E-state index contributed by atoms with van der Waals surface area (Å²) >= 11 is 6.29. The second-order valence-electron chi connectivity index (χ2n) is 6.94. The number of carbonyl (C=O) groups excluding carboxylic acids is 1. The zero-order valence-corrected chi connectivity index (χ0v) is 18.2. The summed E-state index contributed by atoms with van der Waals surface area (Å²) in [4.78, 5) is 16.9. The van der Waals surface area contributed by atoms with Gasteiger partial charge in [-0.2, -0.15) is 5.26 Å². The van der Waals surface area contributed by atoms with Crippen molar-refractivity contribution < 1.29 is 17.9 Å². The molecule has 8 nitrogen and oxygen atoms in total. The van der Waals surface area contributed by atoms with Crippen molar-refractivity contribution in [2.75, 3.05) is 28.7 Å². The number of nitrogens with one attached hydrogen (secondary N) is 1. The predicted octanol–water partition coefficient (Wildman–Crippen LogP) is 3.65. The van der Waals surface area contributed by atoms with Crippen LogP contribution in [0.5, 0.6) is 0 Å². The van der Waals surface area contributed by atoms with E-state index >= 15 is 0 Å². The number of aromatic nitrogens is 1. The van der Waals surface area contributed by atoms with E-state index in [2.05, 4.69) is 10.3 Å². The number of nitriles is 1. The number of anilines is 2. The van der Waals surface area contributed by atoms with Gasteiger partial charge >= 0.3 is 0 Å². The second kappa shape index (κ2) is 8.96. The van der Waals surface area contributed by atoms with Crippen molar-refractivity contribution in [2.24, 2.45) is 0 Å². The maximum atomic E-state index is 12.7. The van der Waals surface area contributed by atoms with Gasteiger partial charge in [0.15, 0.2) is 0 Å². The minimum Gasteiger partial charge on any atom is -0.359 e. The van der Waals surface area contributed by atoms with Crippen molar-refractivity contribution in [2.45, 2.75) is 0 Å². The number of hydrogen-bond donors (Lipinski definition) is 1. The first-order valence-electron chi connectivity index (χ1n) is 9.53. The molecular weight excluding hydrogens is 452 g/mol. The summed E-state index contributed by atoms with van der Waals surface area (Å²) in [6.07, 6.45) is 1.45. The van der Waals surface area contributed by atoms with Crippen LogP contribution in [0, 0.1) is 11.3 Å². The fourth-order valence-electron chi connectivity index (χ4n) is 3.14. The predicted molar refractivity (Wildman–Crippen MR) is 121 cm³/mol. The third-order valence-corrected chi connectivity index (χ3v) is 6.84. The van der Waals surface area contributed by atoms with Crippen LogP contribution in [0.3, 0.4) is 0 Å². The maximum absolute atomic E-state index is 12.7. The fraction of sp³-hybridized carbons (Fsp3) is 0.136. The van der Waals surface area contributed by atoms with E-state index in [4.69, 9.17) is 21.6 Å². The lowest BCUT2D eigenvalue weighted by Gasteiger charge is -2.28. The molecule has 1 aromatic heterocycles. The zero-order chi connectivity index (χ0) is 22.7. The average Bonchev–Trinajstić information content (AvgIpc) is 2.80. The summed E-state index contributed by atoms with van der Waals surface area (Å²) in [5.41, 5.74) is 2.91. The molecule has 4 rings (SSSR count). The summed E-state index contributed by atoms with van der Waals surface area (Å²) in [6.45, 7) is 0.116. The summed E-state index contributed by atoms with van der Waals surface area (Å²) < 4.78 is 30.8. The van der Waals surface area contributed by atoms with E-state index in [9.17, 15) is 13.2 Å². The molecule has 1 amide bonds. The Kier molecular flexibility index (Phi) is 6.10. The van der Waals surface area contributed by atoms with Gasteiger partial charge in [-0.25, -0.2) is 12.7 Å². The van der Waals surface area contributed by atoms with Gasteiger partial charge < -0.3 is 10.1 Å².